The molecule has 8 nitrogen and oxygen atoms in total. The van der Waals surface area contributed by atoms with Gasteiger partial charge in [-0.25, -0.2) is 0 Å². The van der Waals surface area contributed by atoms with Gasteiger partial charge in [0.05, 0.1) is 20.4 Å². The van der Waals surface area contributed by atoms with Gasteiger partial charge in [-0.3, -0.25) is 24.3 Å². The van der Waals surface area contributed by atoms with Crippen LogP contribution >= 0.6 is 11.6 Å². The molecule has 0 saturated carbocycles. The van der Waals surface area contributed by atoms with E-state index in [-0.39, 0.29) is 21.7 Å². The van der Waals surface area contributed by atoms with Gasteiger partial charge in [0, 0.05) is 17.2 Å². The lowest BCUT2D eigenvalue weighted by molar-refractivity contribution is -0.385. The number of hydrogen-bond acceptors (Lipinski definition) is 6. The number of benzene rings is 2. The molecule has 3 rings (SSSR count). The molecule has 0 bridgehead atoms. The molecule has 24 heavy (non-hydrogen) atoms. The maximum absolute atomic E-state index is 12.6. The van der Waals surface area contributed by atoms with Crippen molar-refractivity contribution in [3.63, 3.8) is 0 Å². The summed E-state index contributed by atoms with van der Waals surface area (Å²) in [5.74, 6) is -1.66. The average molecular weight is 368 g/mol. The number of hydrogen-bond donors (Lipinski definition) is 1. The first-order chi connectivity index (χ1) is 11.1. The summed E-state index contributed by atoms with van der Waals surface area (Å²) in [6.07, 6.45) is 0. The molecule has 10 heteroatoms. The maximum atomic E-state index is 12.6. The molecule has 1 N–H and O–H groups in total. The van der Waals surface area contributed by atoms with Gasteiger partial charge in [0.15, 0.2) is 5.78 Å². The number of nitrogens with zero attached hydrogens (tertiary/aromatic N) is 1. The number of carbonyl (C=O) groups is 2. The highest BCUT2D eigenvalue weighted by Crippen LogP contribution is 2.37. The summed E-state index contributed by atoms with van der Waals surface area (Å²) in [4.78, 5) is 34.9. The van der Waals surface area contributed by atoms with Crippen LogP contribution in [0.2, 0.25) is 5.02 Å². The van der Waals surface area contributed by atoms with Gasteiger partial charge < -0.3 is 0 Å². The van der Waals surface area contributed by atoms with Gasteiger partial charge >= 0.3 is 0 Å². The zero-order valence-electron chi connectivity index (χ0n) is 11.5. The van der Waals surface area contributed by atoms with Crippen LogP contribution in [0.1, 0.15) is 31.8 Å². The Bertz CT molecular complexity index is 1060. The predicted octanol–water partition coefficient (Wildman–Crippen LogP) is 2.27. The van der Waals surface area contributed by atoms with Gasteiger partial charge in [0.2, 0.25) is 5.78 Å². The van der Waals surface area contributed by atoms with Crippen LogP contribution in [0.25, 0.3) is 0 Å². The molecule has 0 amide bonds. The van der Waals surface area contributed by atoms with E-state index in [0.717, 1.165) is 30.3 Å². The minimum atomic E-state index is -4.59. The highest BCUT2D eigenvalue weighted by molar-refractivity contribution is 7.85. The van der Waals surface area contributed by atoms with E-state index in [1.807, 2.05) is 0 Å². The van der Waals surface area contributed by atoms with Gasteiger partial charge in [-0.15, -0.1) is 0 Å². The van der Waals surface area contributed by atoms with Gasteiger partial charge in [-0.05, 0) is 24.3 Å². The van der Waals surface area contributed by atoms with Crippen LogP contribution in [0.15, 0.2) is 35.2 Å². The van der Waals surface area contributed by atoms with Crippen LogP contribution in [-0.2, 0) is 10.1 Å². The Kier molecular flexibility index (Phi) is 3.52. The van der Waals surface area contributed by atoms with E-state index in [9.17, 15) is 28.1 Å². The van der Waals surface area contributed by atoms with Crippen LogP contribution < -0.4 is 0 Å². The van der Waals surface area contributed by atoms with Crippen molar-refractivity contribution in [2.24, 2.45) is 0 Å². The Balaban J connectivity index is 2.36. The molecule has 0 heterocycles. The van der Waals surface area contributed by atoms with Crippen molar-refractivity contribution in [3.05, 3.63) is 67.7 Å². The monoisotopic (exact) mass is 367 g/mol. The predicted molar refractivity (Wildman–Crippen MR) is 81.2 cm³/mol. The van der Waals surface area contributed by atoms with Crippen molar-refractivity contribution in [1.82, 2.24) is 0 Å². The Morgan fingerprint density at radius 1 is 1.00 bits per heavy atom. The SMILES string of the molecule is O=C1c2cc(S(=O)(=O)O)ccc2C(=O)c2c([N+](=O)[O-])ccc(Cl)c21. The lowest BCUT2D eigenvalue weighted by Crippen LogP contribution is -2.23. The summed E-state index contributed by atoms with van der Waals surface area (Å²) >= 11 is 5.91. The fourth-order valence-corrected chi connectivity index (χ4v) is 3.26. The number of nitro groups is 1. The molecule has 0 aliphatic heterocycles. The number of ketones is 2. The average Bonchev–Trinajstić information content (AvgIpc) is 2.50. The number of fused-ring (bicyclic) bond motifs is 2. The van der Waals surface area contributed by atoms with Crippen LogP contribution in [0, 0.1) is 10.1 Å². The fraction of sp³-hybridized carbons (Fsp3) is 0. The molecule has 0 atom stereocenters. The third-order valence-electron chi connectivity index (χ3n) is 3.56. The zero-order chi connectivity index (χ0) is 17.8. The summed E-state index contributed by atoms with van der Waals surface area (Å²) in [6.45, 7) is 0. The second-order valence-electron chi connectivity index (χ2n) is 4.91. The minimum absolute atomic E-state index is 0.170. The second-order valence-corrected chi connectivity index (χ2v) is 6.74. The van der Waals surface area contributed by atoms with Crippen LogP contribution in [0.5, 0.6) is 0 Å². The third-order valence-corrected chi connectivity index (χ3v) is 4.73. The Morgan fingerprint density at radius 2 is 1.62 bits per heavy atom. The van der Waals surface area contributed by atoms with Crippen molar-refractivity contribution in [2.75, 3.05) is 0 Å². The largest absolute Gasteiger partial charge is 0.294 e. The molecule has 0 aromatic heterocycles. The Labute approximate surface area is 139 Å². The number of carbonyl (C=O) groups excluding carboxylic acids is 2. The fourth-order valence-electron chi connectivity index (χ4n) is 2.51. The lowest BCUT2D eigenvalue weighted by atomic mass is 9.83. The molecule has 2 aromatic carbocycles. The highest BCUT2D eigenvalue weighted by Gasteiger charge is 2.37. The molecule has 0 spiro atoms. The van der Waals surface area contributed by atoms with Gasteiger partial charge in [0.25, 0.3) is 15.8 Å². The zero-order valence-corrected chi connectivity index (χ0v) is 13.1. The van der Waals surface area contributed by atoms with Crippen molar-refractivity contribution >= 4 is 39.0 Å². The molecule has 2 aromatic rings. The second kappa shape index (κ2) is 5.20. The van der Waals surface area contributed by atoms with Crippen LogP contribution in [-0.4, -0.2) is 29.5 Å². The van der Waals surface area contributed by atoms with Crippen molar-refractivity contribution < 1.29 is 27.5 Å². The summed E-state index contributed by atoms with van der Waals surface area (Å²) in [5.41, 5.74) is -1.88. The van der Waals surface area contributed by atoms with E-state index in [1.54, 1.807) is 0 Å². The molecule has 0 radical (unpaired) electrons. The molecule has 1 aliphatic rings. The van der Waals surface area contributed by atoms with E-state index in [2.05, 4.69) is 0 Å². The van der Waals surface area contributed by atoms with Crippen molar-refractivity contribution in [2.45, 2.75) is 4.90 Å². The van der Waals surface area contributed by atoms with E-state index in [0.29, 0.717) is 0 Å². The van der Waals surface area contributed by atoms with Gasteiger partial charge in [-0.1, -0.05) is 11.6 Å². The molecule has 0 saturated heterocycles. The van der Waals surface area contributed by atoms with Crippen molar-refractivity contribution in [1.29, 1.82) is 0 Å². The molecule has 0 fully saturated rings. The van der Waals surface area contributed by atoms with Crippen LogP contribution in [0.4, 0.5) is 5.69 Å². The first-order valence-electron chi connectivity index (χ1n) is 6.30. The smallest absolute Gasteiger partial charge is 0.288 e. The van der Waals surface area contributed by atoms with Crippen molar-refractivity contribution in [3.8, 4) is 0 Å². The highest BCUT2D eigenvalue weighted by atomic mass is 35.5. The molecule has 122 valence electrons. The first kappa shape index (κ1) is 16.2. The molecule has 1 aliphatic carbocycles. The standard InChI is InChI=1S/C14H6ClNO7S/c15-9-3-4-10(16(19)20)12-11(9)14(18)8-5-6(24(21,22)23)1-2-7(8)13(12)17/h1-5H,(H,21,22,23). The molecule has 0 unspecified atom stereocenters. The van der Waals surface area contributed by atoms with Gasteiger partial charge in [-0.2, -0.15) is 8.42 Å². The topological polar surface area (TPSA) is 132 Å². The summed E-state index contributed by atoms with van der Waals surface area (Å²) in [5, 5.41) is 11.0. The van der Waals surface area contributed by atoms with E-state index in [1.165, 1.54) is 0 Å². The van der Waals surface area contributed by atoms with E-state index < -0.39 is 42.8 Å². The van der Waals surface area contributed by atoms with Crippen LogP contribution in [0.3, 0.4) is 0 Å². The first-order valence-corrected chi connectivity index (χ1v) is 8.12. The Morgan fingerprint density at radius 3 is 2.21 bits per heavy atom. The van der Waals surface area contributed by atoms with E-state index in [4.69, 9.17) is 16.2 Å². The Hall–Kier alpha value is -2.62. The summed E-state index contributed by atoms with van der Waals surface area (Å²) in [6, 6.07) is 4.92. The number of nitro benzene ring substituents is 1. The van der Waals surface area contributed by atoms with E-state index >= 15 is 0 Å². The number of halogens is 1. The number of rotatable bonds is 2. The third kappa shape index (κ3) is 2.30. The quantitative estimate of drug-likeness (QED) is 0.417. The molecular weight excluding hydrogens is 362 g/mol. The normalized spacial score (nSPS) is 13.4. The molecular formula is C14H6ClNO7S. The lowest BCUT2D eigenvalue weighted by Gasteiger charge is -2.18. The summed E-state index contributed by atoms with van der Waals surface area (Å²) in [7, 11) is -4.59. The maximum Gasteiger partial charge on any atom is 0.294 e. The van der Waals surface area contributed by atoms with Gasteiger partial charge in [0.1, 0.15) is 5.56 Å². The summed E-state index contributed by atoms with van der Waals surface area (Å²) < 4.78 is 31.5. The minimum Gasteiger partial charge on any atom is -0.288 e.